The van der Waals surface area contributed by atoms with Crippen molar-refractivity contribution in [1.29, 1.82) is 0 Å². The predicted octanol–water partition coefficient (Wildman–Crippen LogP) is 4.77. The van der Waals surface area contributed by atoms with Crippen LogP contribution < -0.4 is 20.1 Å². The average Bonchev–Trinajstić information content (AvgIpc) is 2.69. The minimum absolute atomic E-state index is 0.573. The number of aromatic nitrogens is 2. The highest BCUT2D eigenvalue weighted by Crippen LogP contribution is 2.28. The molecule has 0 aliphatic heterocycles. The predicted molar refractivity (Wildman–Crippen MR) is 113 cm³/mol. The minimum atomic E-state index is 0.573. The van der Waals surface area contributed by atoms with E-state index in [-0.39, 0.29) is 0 Å². The van der Waals surface area contributed by atoms with Crippen LogP contribution in [0.4, 0.5) is 17.5 Å². The van der Waals surface area contributed by atoms with Gasteiger partial charge in [0.15, 0.2) is 11.5 Å². The summed E-state index contributed by atoms with van der Waals surface area (Å²) < 4.78 is 10.7. The van der Waals surface area contributed by atoms with Gasteiger partial charge in [-0.1, -0.05) is 18.2 Å². The van der Waals surface area contributed by atoms with Gasteiger partial charge in [-0.15, -0.1) is 0 Å². The van der Waals surface area contributed by atoms with Crippen LogP contribution in [0.5, 0.6) is 11.5 Å². The minimum Gasteiger partial charge on any atom is -0.493 e. The Kier molecular flexibility index (Phi) is 5.99. The Labute approximate surface area is 166 Å². The number of benzene rings is 2. The van der Waals surface area contributed by atoms with Crippen molar-refractivity contribution < 1.29 is 9.47 Å². The molecule has 0 aliphatic rings. The van der Waals surface area contributed by atoms with Crippen LogP contribution in [0, 0.1) is 20.8 Å². The van der Waals surface area contributed by atoms with Crippen LogP contribution in [0.15, 0.2) is 42.5 Å². The van der Waals surface area contributed by atoms with Crippen molar-refractivity contribution in [2.24, 2.45) is 0 Å². The summed E-state index contributed by atoms with van der Waals surface area (Å²) in [6, 6.07) is 13.9. The maximum Gasteiger partial charge on any atom is 0.229 e. The van der Waals surface area contributed by atoms with E-state index >= 15 is 0 Å². The third kappa shape index (κ3) is 4.52. The molecule has 6 heteroatoms. The van der Waals surface area contributed by atoms with Gasteiger partial charge in [-0.25, -0.2) is 4.98 Å². The van der Waals surface area contributed by atoms with Gasteiger partial charge in [0, 0.05) is 24.0 Å². The first-order valence-electron chi connectivity index (χ1n) is 9.14. The standard InChI is InChI=1S/C22H26N4O2/c1-14-7-6-8-18(16(14)3)25-22-24-15(2)11-21(26-22)23-13-17-9-10-19(27-4)20(12-17)28-5/h6-12H,13H2,1-5H3,(H2,23,24,25,26). The zero-order chi connectivity index (χ0) is 20.1. The second kappa shape index (κ2) is 8.61. The number of rotatable bonds is 7. The van der Waals surface area contributed by atoms with Crippen molar-refractivity contribution in [3.8, 4) is 11.5 Å². The van der Waals surface area contributed by atoms with Gasteiger partial charge in [-0.2, -0.15) is 4.98 Å². The second-order valence-electron chi connectivity index (χ2n) is 6.63. The van der Waals surface area contributed by atoms with Crippen LogP contribution in [0.1, 0.15) is 22.4 Å². The van der Waals surface area contributed by atoms with Gasteiger partial charge in [0.25, 0.3) is 0 Å². The molecule has 1 aromatic heterocycles. The van der Waals surface area contributed by atoms with Crippen LogP contribution in [-0.2, 0) is 6.54 Å². The molecule has 6 nitrogen and oxygen atoms in total. The Morgan fingerprint density at radius 3 is 2.43 bits per heavy atom. The fourth-order valence-corrected chi connectivity index (χ4v) is 2.91. The van der Waals surface area contributed by atoms with Gasteiger partial charge >= 0.3 is 0 Å². The normalized spacial score (nSPS) is 10.5. The highest BCUT2D eigenvalue weighted by molar-refractivity contribution is 5.61. The lowest BCUT2D eigenvalue weighted by Gasteiger charge is -2.13. The van der Waals surface area contributed by atoms with Gasteiger partial charge in [0.1, 0.15) is 5.82 Å². The number of ether oxygens (including phenoxy) is 2. The first-order valence-corrected chi connectivity index (χ1v) is 9.14. The van der Waals surface area contributed by atoms with Crippen molar-refractivity contribution >= 4 is 17.5 Å². The molecule has 0 amide bonds. The average molecular weight is 378 g/mol. The first-order chi connectivity index (χ1) is 13.5. The van der Waals surface area contributed by atoms with E-state index < -0.39 is 0 Å². The summed E-state index contributed by atoms with van der Waals surface area (Å²) in [6.45, 7) is 6.74. The van der Waals surface area contributed by atoms with E-state index in [0.29, 0.717) is 24.0 Å². The largest absolute Gasteiger partial charge is 0.493 e. The maximum atomic E-state index is 5.37. The van der Waals surface area contributed by atoms with E-state index in [1.54, 1.807) is 14.2 Å². The van der Waals surface area contributed by atoms with Gasteiger partial charge in [0.2, 0.25) is 5.95 Å². The first kappa shape index (κ1) is 19.5. The number of hydrogen-bond donors (Lipinski definition) is 2. The molecule has 0 spiro atoms. The summed E-state index contributed by atoms with van der Waals surface area (Å²) in [6.07, 6.45) is 0. The second-order valence-corrected chi connectivity index (χ2v) is 6.63. The van der Waals surface area contributed by atoms with E-state index in [1.807, 2.05) is 43.3 Å². The van der Waals surface area contributed by atoms with Crippen LogP contribution in [-0.4, -0.2) is 24.2 Å². The van der Waals surface area contributed by atoms with Gasteiger partial charge < -0.3 is 20.1 Å². The zero-order valence-corrected chi connectivity index (χ0v) is 17.0. The zero-order valence-electron chi connectivity index (χ0n) is 17.0. The van der Waals surface area contributed by atoms with Crippen molar-refractivity contribution in [3.63, 3.8) is 0 Å². The highest BCUT2D eigenvalue weighted by atomic mass is 16.5. The molecule has 0 fully saturated rings. The molecule has 2 N–H and O–H groups in total. The molecular formula is C22H26N4O2. The molecule has 0 aliphatic carbocycles. The summed E-state index contributed by atoms with van der Waals surface area (Å²) in [5.74, 6) is 2.75. The molecule has 0 radical (unpaired) electrons. The fraction of sp³-hybridized carbons (Fsp3) is 0.273. The molecule has 28 heavy (non-hydrogen) atoms. The molecule has 146 valence electrons. The Balaban J connectivity index is 1.76. The number of hydrogen-bond acceptors (Lipinski definition) is 6. The Hall–Kier alpha value is -3.28. The molecule has 1 heterocycles. The van der Waals surface area contributed by atoms with E-state index in [1.165, 1.54) is 11.1 Å². The third-order valence-electron chi connectivity index (χ3n) is 4.63. The highest BCUT2D eigenvalue weighted by Gasteiger charge is 2.08. The Morgan fingerprint density at radius 1 is 0.893 bits per heavy atom. The fourth-order valence-electron chi connectivity index (χ4n) is 2.91. The van der Waals surface area contributed by atoms with E-state index in [0.717, 1.165) is 22.8 Å². The van der Waals surface area contributed by atoms with E-state index in [2.05, 4.69) is 40.5 Å². The van der Waals surface area contributed by atoms with Gasteiger partial charge in [-0.3, -0.25) is 0 Å². The number of nitrogens with zero attached hydrogens (tertiary/aromatic N) is 2. The monoisotopic (exact) mass is 378 g/mol. The number of anilines is 3. The topological polar surface area (TPSA) is 68.3 Å². The Bertz CT molecular complexity index is 973. The summed E-state index contributed by atoms with van der Waals surface area (Å²) in [7, 11) is 3.26. The lowest BCUT2D eigenvalue weighted by molar-refractivity contribution is 0.354. The maximum absolute atomic E-state index is 5.37. The van der Waals surface area contributed by atoms with Gasteiger partial charge in [-0.05, 0) is 55.7 Å². The quantitative estimate of drug-likeness (QED) is 0.617. The molecule has 0 atom stereocenters. The molecule has 0 saturated carbocycles. The van der Waals surface area contributed by atoms with Crippen molar-refractivity contribution in [1.82, 2.24) is 9.97 Å². The lowest BCUT2D eigenvalue weighted by atomic mass is 10.1. The SMILES string of the molecule is COc1ccc(CNc2cc(C)nc(Nc3cccc(C)c3C)n2)cc1OC. The summed E-state index contributed by atoms with van der Waals surface area (Å²) in [5.41, 5.74) is 5.38. The lowest BCUT2D eigenvalue weighted by Crippen LogP contribution is -2.06. The van der Waals surface area contributed by atoms with Crippen LogP contribution in [0.2, 0.25) is 0 Å². The van der Waals surface area contributed by atoms with Crippen molar-refractivity contribution in [3.05, 3.63) is 64.8 Å². The smallest absolute Gasteiger partial charge is 0.229 e. The van der Waals surface area contributed by atoms with Crippen LogP contribution >= 0.6 is 0 Å². The van der Waals surface area contributed by atoms with Crippen LogP contribution in [0.3, 0.4) is 0 Å². The number of nitrogens with one attached hydrogen (secondary N) is 2. The van der Waals surface area contributed by atoms with E-state index in [4.69, 9.17) is 9.47 Å². The number of aryl methyl sites for hydroxylation is 2. The summed E-state index contributed by atoms with van der Waals surface area (Å²) in [5, 5.41) is 6.68. The molecule has 2 aromatic carbocycles. The summed E-state index contributed by atoms with van der Waals surface area (Å²) >= 11 is 0. The third-order valence-corrected chi connectivity index (χ3v) is 4.63. The molecule has 0 saturated heterocycles. The van der Waals surface area contributed by atoms with Gasteiger partial charge in [0.05, 0.1) is 14.2 Å². The molecule has 3 aromatic rings. The molecule has 0 bridgehead atoms. The van der Waals surface area contributed by atoms with Crippen molar-refractivity contribution in [2.75, 3.05) is 24.9 Å². The van der Waals surface area contributed by atoms with E-state index in [9.17, 15) is 0 Å². The van der Waals surface area contributed by atoms with Crippen LogP contribution in [0.25, 0.3) is 0 Å². The molecule has 0 unspecified atom stereocenters. The summed E-state index contributed by atoms with van der Waals surface area (Å²) in [4.78, 5) is 9.11. The molecular weight excluding hydrogens is 352 g/mol. The van der Waals surface area contributed by atoms with Crippen molar-refractivity contribution in [2.45, 2.75) is 27.3 Å². The Morgan fingerprint density at radius 2 is 1.68 bits per heavy atom. The molecule has 3 rings (SSSR count). The number of methoxy groups -OCH3 is 2.